The zero-order chi connectivity index (χ0) is 14.8. The van der Waals surface area contributed by atoms with Gasteiger partial charge < -0.3 is 10.5 Å². The van der Waals surface area contributed by atoms with Crippen LogP contribution in [0.25, 0.3) is 5.65 Å². The lowest BCUT2D eigenvalue weighted by Gasteiger charge is -2.26. The van der Waals surface area contributed by atoms with Gasteiger partial charge in [-0.05, 0) is 49.7 Å². The number of esters is 1. The number of ether oxygens (including phenoxy) is 1. The van der Waals surface area contributed by atoms with Gasteiger partial charge in [0.25, 0.3) is 0 Å². The molecule has 0 saturated heterocycles. The molecule has 2 heterocycles. The van der Waals surface area contributed by atoms with Gasteiger partial charge in [-0.25, -0.2) is 4.52 Å². The summed E-state index contributed by atoms with van der Waals surface area (Å²) < 4.78 is 6.55. The lowest BCUT2D eigenvalue weighted by atomic mass is 9.79. The fourth-order valence-electron chi connectivity index (χ4n) is 3.17. The van der Waals surface area contributed by atoms with E-state index in [1.54, 1.807) is 4.52 Å². The normalized spacial score (nSPS) is 22.3. The molecule has 3 rings (SSSR count). The molecule has 0 spiro atoms. The Kier molecular flexibility index (Phi) is 3.77. The van der Waals surface area contributed by atoms with Gasteiger partial charge in [0.1, 0.15) is 0 Å². The highest BCUT2D eigenvalue weighted by Gasteiger charge is 2.26. The number of nitrogen functional groups attached to an aromatic ring is 1. The summed E-state index contributed by atoms with van der Waals surface area (Å²) in [6.45, 7) is 0. The Hall–Kier alpha value is -2.11. The van der Waals surface area contributed by atoms with Crippen LogP contribution in [0.3, 0.4) is 0 Å². The van der Waals surface area contributed by atoms with E-state index in [0.717, 1.165) is 37.8 Å². The molecule has 0 bridgehead atoms. The van der Waals surface area contributed by atoms with E-state index >= 15 is 0 Å². The van der Waals surface area contributed by atoms with Gasteiger partial charge in [0.2, 0.25) is 5.95 Å². The van der Waals surface area contributed by atoms with E-state index < -0.39 is 0 Å². The third-order valence-corrected chi connectivity index (χ3v) is 4.31. The monoisotopic (exact) mass is 288 g/mol. The van der Waals surface area contributed by atoms with Crippen molar-refractivity contribution in [1.29, 1.82) is 0 Å². The Morgan fingerprint density at radius 3 is 2.86 bits per heavy atom. The molecule has 112 valence electrons. The summed E-state index contributed by atoms with van der Waals surface area (Å²) in [7, 11) is 1.47. The topological polar surface area (TPSA) is 82.5 Å². The molecule has 1 saturated carbocycles. The van der Waals surface area contributed by atoms with Gasteiger partial charge in [0.15, 0.2) is 5.65 Å². The van der Waals surface area contributed by atoms with Gasteiger partial charge in [-0.1, -0.05) is 6.07 Å². The summed E-state index contributed by atoms with van der Waals surface area (Å²) >= 11 is 0. The third kappa shape index (κ3) is 2.99. The summed E-state index contributed by atoms with van der Waals surface area (Å²) in [5, 5.41) is 4.14. The summed E-state index contributed by atoms with van der Waals surface area (Å²) in [5.74, 6) is 0.937. The van der Waals surface area contributed by atoms with E-state index in [-0.39, 0.29) is 11.9 Å². The van der Waals surface area contributed by atoms with E-state index in [0.29, 0.717) is 11.9 Å². The van der Waals surface area contributed by atoms with Crippen LogP contribution in [0.2, 0.25) is 0 Å². The standard InChI is InChI=1S/C15H20N4O2/c1-21-14(20)12-5-2-10(3-6-12)8-11-4-7-13-17-15(16)18-19(13)9-11/h4,7,9-10,12H,2-3,5-6,8H2,1H3,(H2,16,18). The minimum Gasteiger partial charge on any atom is -0.469 e. The number of methoxy groups -OCH3 is 1. The molecule has 2 aromatic heterocycles. The number of nitrogens with two attached hydrogens (primary N) is 1. The summed E-state index contributed by atoms with van der Waals surface area (Å²) in [6.07, 6.45) is 6.98. The Morgan fingerprint density at radius 2 is 2.14 bits per heavy atom. The van der Waals surface area contributed by atoms with Crippen molar-refractivity contribution in [3.8, 4) is 0 Å². The maximum atomic E-state index is 11.5. The van der Waals surface area contributed by atoms with Crippen LogP contribution >= 0.6 is 0 Å². The second-order valence-corrected chi connectivity index (χ2v) is 5.76. The Labute approximate surface area is 123 Å². The molecule has 1 aliphatic carbocycles. The van der Waals surface area contributed by atoms with Crippen molar-refractivity contribution in [2.45, 2.75) is 32.1 Å². The number of hydrogen-bond donors (Lipinski definition) is 1. The highest BCUT2D eigenvalue weighted by atomic mass is 16.5. The van der Waals surface area contributed by atoms with Crippen LogP contribution in [0, 0.1) is 11.8 Å². The molecule has 1 aliphatic rings. The van der Waals surface area contributed by atoms with Gasteiger partial charge in [-0.3, -0.25) is 4.79 Å². The van der Waals surface area contributed by atoms with Crippen LogP contribution in [0.1, 0.15) is 31.2 Å². The van der Waals surface area contributed by atoms with Crippen LogP contribution in [0.4, 0.5) is 5.95 Å². The van der Waals surface area contributed by atoms with E-state index in [1.807, 2.05) is 12.3 Å². The maximum absolute atomic E-state index is 11.5. The molecule has 0 amide bonds. The SMILES string of the molecule is COC(=O)C1CCC(Cc2ccc3nc(N)nn3c2)CC1. The fourth-order valence-corrected chi connectivity index (χ4v) is 3.17. The van der Waals surface area contributed by atoms with Gasteiger partial charge in [-0.2, -0.15) is 4.98 Å². The third-order valence-electron chi connectivity index (χ3n) is 4.31. The second kappa shape index (κ2) is 5.71. The van der Waals surface area contributed by atoms with Gasteiger partial charge in [0.05, 0.1) is 13.0 Å². The first kappa shape index (κ1) is 13.9. The van der Waals surface area contributed by atoms with Crippen LogP contribution in [-0.2, 0) is 16.0 Å². The molecule has 6 heteroatoms. The fraction of sp³-hybridized carbons (Fsp3) is 0.533. The van der Waals surface area contributed by atoms with Crippen molar-refractivity contribution < 1.29 is 9.53 Å². The number of aromatic nitrogens is 3. The molecule has 0 radical (unpaired) electrons. The largest absolute Gasteiger partial charge is 0.469 e. The lowest BCUT2D eigenvalue weighted by Crippen LogP contribution is -2.23. The van der Waals surface area contributed by atoms with E-state index in [9.17, 15) is 4.79 Å². The molecular weight excluding hydrogens is 268 g/mol. The molecule has 0 aromatic carbocycles. The summed E-state index contributed by atoms with van der Waals surface area (Å²) in [4.78, 5) is 15.6. The number of pyridine rings is 1. The summed E-state index contributed by atoms with van der Waals surface area (Å²) in [6, 6.07) is 4.02. The van der Waals surface area contributed by atoms with Crippen molar-refractivity contribution >= 4 is 17.6 Å². The van der Waals surface area contributed by atoms with Gasteiger partial charge >= 0.3 is 5.97 Å². The molecule has 0 unspecified atom stereocenters. The Balaban J connectivity index is 1.62. The van der Waals surface area contributed by atoms with Crippen molar-refractivity contribution in [3.05, 3.63) is 23.9 Å². The average molecular weight is 288 g/mol. The maximum Gasteiger partial charge on any atom is 0.308 e. The molecule has 1 fully saturated rings. The number of anilines is 1. The zero-order valence-corrected chi connectivity index (χ0v) is 12.2. The van der Waals surface area contributed by atoms with E-state index in [2.05, 4.69) is 16.1 Å². The minimum atomic E-state index is -0.0621. The quantitative estimate of drug-likeness (QED) is 0.871. The number of fused-ring (bicyclic) bond motifs is 1. The highest BCUT2D eigenvalue weighted by molar-refractivity contribution is 5.72. The average Bonchev–Trinajstić information content (AvgIpc) is 2.86. The van der Waals surface area contributed by atoms with Crippen LogP contribution in [-0.4, -0.2) is 27.7 Å². The molecule has 21 heavy (non-hydrogen) atoms. The number of rotatable bonds is 3. The predicted octanol–water partition coefficient (Wildman–Crippen LogP) is 1.83. The molecule has 2 N–H and O–H groups in total. The second-order valence-electron chi connectivity index (χ2n) is 5.76. The molecular formula is C15H20N4O2. The highest BCUT2D eigenvalue weighted by Crippen LogP contribution is 2.31. The van der Waals surface area contributed by atoms with Crippen molar-refractivity contribution in [1.82, 2.24) is 14.6 Å². The van der Waals surface area contributed by atoms with Crippen molar-refractivity contribution in [3.63, 3.8) is 0 Å². The van der Waals surface area contributed by atoms with Crippen molar-refractivity contribution in [2.24, 2.45) is 11.8 Å². The number of hydrogen-bond acceptors (Lipinski definition) is 5. The van der Waals surface area contributed by atoms with Gasteiger partial charge in [0, 0.05) is 6.20 Å². The number of carbonyl (C=O) groups excluding carboxylic acids is 1. The molecule has 6 nitrogen and oxygen atoms in total. The number of carbonyl (C=O) groups is 1. The molecule has 2 aromatic rings. The smallest absolute Gasteiger partial charge is 0.308 e. The van der Waals surface area contributed by atoms with Crippen LogP contribution in [0.5, 0.6) is 0 Å². The predicted molar refractivity (Wildman–Crippen MR) is 78.6 cm³/mol. The van der Waals surface area contributed by atoms with Crippen LogP contribution in [0.15, 0.2) is 18.3 Å². The molecule has 0 atom stereocenters. The Morgan fingerprint density at radius 1 is 1.38 bits per heavy atom. The molecule has 0 aliphatic heterocycles. The van der Waals surface area contributed by atoms with Crippen molar-refractivity contribution in [2.75, 3.05) is 12.8 Å². The summed E-state index contributed by atoms with van der Waals surface area (Å²) in [5.41, 5.74) is 7.59. The zero-order valence-electron chi connectivity index (χ0n) is 12.2. The van der Waals surface area contributed by atoms with E-state index in [1.165, 1.54) is 12.7 Å². The number of nitrogens with zero attached hydrogens (tertiary/aromatic N) is 3. The first-order valence-electron chi connectivity index (χ1n) is 7.34. The first-order chi connectivity index (χ1) is 10.2. The van der Waals surface area contributed by atoms with Gasteiger partial charge in [-0.15, -0.1) is 5.10 Å². The lowest BCUT2D eigenvalue weighted by molar-refractivity contribution is -0.146. The van der Waals surface area contributed by atoms with E-state index in [4.69, 9.17) is 10.5 Å². The van der Waals surface area contributed by atoms with Crippen LogP contribution < -0.4 is 5.73 Å². The first-order valence-corrected chi connectivity index (χ1v) is 7.34. The minimum absolute atomic E-state index is 0.0621. The Bertz CT molecular complexity index is 644.